The Bertz CT molecular complexity index is 726. The zero-order chi connectivity index (χ0) is 12.7. The van der Waals surface area contributed by atoms with Gasteiger partial charge in [-0.2, -0.15) is 5.10 Å². The number of hydrogen-bond acceptors (Lipinski definition) is 2. The number of hydrogen-bond donors (Lipinski definition) is 0. The van der Waals surface area contributed by atoms with E-state index in [9.17, 15) is 0 Å². The van der Waals surface area contributed by atoms with Crippen LogP contribution in [0.3, 0.4) is 0 Å². The molecule has 0 amide bonds. The third-order valence-corrected chi connectivity index (χ3v) is 3.01. The van der Waals surface area contributed by atoms with Gasteiger partial charge in [-0.05, 0) is 38.0 Å². The fourth-order valence-electron chi connectivity index (χ4n) is 2.25. The number of aromatic nitrogens is 3. The Kier molecular flexibility index (Phi) is 2.40. The molecule has 0 spiro atoms. The van der Waals surface area contributed by atoms with Crippen molar-refractivity contribution in [2.24, 2.45) is 0 Å². The fourth-order valence-corrected chi connectivity index (χ4v) is 2.25. The smallest absolute Gasteiger partial charge is 0.163 e. The number of pyridine rings is 1. The van der Waals surface area contributed by atoms with Crippen molar-refractivity contribution in [1.82, 2.24) is 14.6 Å². The monoisotopic (exact) mass is 237 g/mol. The Morgan fingerprint density at radius 1 is 1.00 bits per heavy atom. The van der Waals surface area contributed by atoms with Gasteiger partial charge in [0.2, 0.25) is 0 Å². The minimum absolute atomic E-state index is 0.800. The van der Waals surface area contributed by atoms with Gasteiger partial charge >= 0.3 is 0 Å². The number of benzene rings is 1. The summed E-state index contributed by atoms with van der Waals surface area (Å²) in [4.78, 5) is 4.51. The van der Waals surface area contributed by atoms with E-state index in [1.165, 1.54) is 16.7 Å². The van der Waals surface area contributed by atoms with Crippen molar-refractivity contribution in [3.05, 3.63) is 53.5 Å². The molecule has 3 nitrogen and oxygen atoms in total. The largest absolute Gasteiger partial charge is 0.220 e. The first-order valence-corrected chi connectivity index (χ1v) is 6.04. The van der Waals surface area contributed by atoms with E-state index in [4.69, 9.17) is 0 Å². The molecule has 0 saturated heterocycles. The van der Waals surface area contributed by atoms with E-state index >= 15 is 0 Å². The topological polar surface area (TPSA) is 30.2 Å². The van der Waals surface area contributed by atoms with Gasteiger partial charge in [0.05, 0.1) is 0 Å². The third kappa shape index (κ3) is 1.78. The summed E-state index contributed by atoms with van der Waals surface area (Å²) < 4.78 is 1.86. The van der Waals surface area contributed by atoms with Crippen LogP contribution >= 0.6 is 0 Å². The van der Waals surface area contributed by atoms with Crippen LogP contribution in [-0.2, 0) is 0 Å². The molecular formula is C15H15N3. The molecule has 3 rings (SSSR count). The molecule has 0 atom stereocenters. The van der Waals surface area contributed by atoms with Crippen LogP contribution < -0.4 is 0 Å². The molecule has 1 aromatic carbocycles. The van der Waals surface area contributed by atoms with Crippen molar-refractivity contribution < 1.29 is 0 Å². The van der Waals surface area contributed by atoms with E-state index in [0.717, 1.165) is 17.0 Å². The van der Waals surface area contributed by atoms with Gasteiger partial charge in [-0.25, -0.2) is 9.50 Å². The SMILES string of the molecule is Cc1cccc(-c2cc(C)cn3nc(C)nc23)c1. The summed E-state index contributed by atoms with van der Waals surface area (Å²) in [6.07, 6.45) is 2.01. The van der Waals surface area contributed by atoms with Gasteiger partial charge in [-0.1, -0.05) is 29.8 Å². The van der Waals surface area contributed by atoms with Crippen molar-refractivity contribution in [2.45, 2.75) is 20.8 Å². The van der Waals surface area contributed by atoms with E-state index in [1.807, 2.05) is 17.6 Å². The van der Waals surface area contributed by atoms with E-state index < -0.39 is 0 Å². The molecular weight excluding hydrogens is 222 g/mol. The quantitative estimate of drug-likeness (QED) is 0.650. The van der Waals surface area contributed by atoms with Crippen molar-refractivity contribution >= 4 is 5.65 Å². The molecule has 2 heterocycles. The maximum Gasteiger partial charge on any atom is 0.163 e. The van der Waals surface area contributed by atoms with Crippen molar-refractivity contribution in [2.75, 3.05) is 0 Å². The van der Waals surface area contributed by atoms with Crippen LogP contribution in [0.5, 0.6) is 0 Å². The van der Waals surface area contributed by atoms with Gasteiger partial charge in [0.25, 0.3) is 0 Å². The highest BCUT2D eigenvalue weighted by molar-refractivity contribution is 5.78. The molecule has 0 saturated carbocycles. The summed E-state index contributed by atoms with van der Waals surface area (Å²) in [5, 5.41) is 4.39. The summed E-state index contributed by atoms with van der Waals surface area (Å²) in [6, 6.07) is 10.6. The standard InChI is InChI=1S/C15H15N3/c1-10-5-4-6-13(7-10)14-8-11(2)9-18-15(14)16-12(3)17-18/h4-9H,1-3H3. The van der Waals surface area contributed by atoms with Crippen LogP contribution in [-0.4, -0.2) is 14.6 Å². The first-order valence-electron chi connectivity index (χ1n) is 6.04. The lowest BCUT2D eigenvalue weighted by Gasteiger charge is -2.06. The van der Waals surface area contributed by atoms with Crippen molar-refractivity contribution in [1.29, 1.82) is 0 Å². The molecule has 3 aromatic rings. The van der Waals surface area contributed by atoms with Gasteiger partial charge in [-0.15, -0.1) is 0 Å². The van der Waals surface area contributed by atoms with Crippen LogP contribution in [0.1, 0.15) is 17.0 Å². The van der Waals surface area contributed by atoms with Crippen LogP contribution in [0, 0.1) is 20.8 Å². The van der Waals surface area contributed by atoms with Crippen LogP contribution in [0.4, 0.5) is 0 Å². The first-order chi connectivity index (χ1) is 8.63. The number of fused-ring (bicyclic) bond motifs is 1. The van der Waals surface area contributed by atoms with Crippen LogP contribution in [0.15, 0.2) is 36.5 Å². The van der Waals surface area contributed by atoms with Gasteiger partial charge < -0.3 is 0 Å². The Labute approximate surface area is 106 Å². The van der Waals surface area contributed by atoms with E-state index in [2.05, 4.69) is 54.3 Å². The van der Waals surface area contributed by atoms with E-state index in [0.29, 0.717) is 0 Å². The second-order valence-electron chi connectivity index (χ2n) is 4.73. The molecule has 3 heteroatoms. The summed E-state index contributed by atoms with van der Waals surface area (Å²) in [7, 11) is 0. The maximum atomic E-state index is 4.51. The minimum atomic E-state index is 0.800. The zero-order valence-corrected chi connectivity index (χ0v) is 10.8. The normalized spacial score (nSPS) is 11.1. The summed E-state index contributed by atoms with van der Waals surface area (Å²) in [5.41, 5.74) is 5.69. The van der Waals surface area contributed by atoms with Crippen LogP contribution in [0.2, 0.25) is 0 Å². The molecule has 18 heavy (non-hydrogen) atoms. The van der Waals surface area contributed by atoms with Gasteiger partial charge in [0, 0.05) is 11.8 Å². The molecule has 0 aliphatic carbocycles. The summed E-state index contributed by atoms with van der Waals surface area (Å²) in [6.45, 7) is 6.10. The summed E-state index contributed by atoms with van der Waals surface area (Å²) in [5.74, 6) is 0.800. The molecule has 0 aliphatic heterocycles. The average Bonchev–Trinajstić information content (AvgIpc) is 2.68. The maximum absolute atomic E-state index is 4.51. The van der Waals surface area contributed by atoms with Crippen molar-refractivity contribution in [3.63, 3.8) is 0 Å². The number of rotatable bonds is 1. The molecule has 0 aliphatic rings. The lowest BCUT2D eigenvalue weighted by molar-refractivity contribution is 0.924. The second kappa shape index (κ2) is 3.95. The lowest BCUT2D eigenvalue weighted by atomic mass is 10.0. The van der Waals surface area contributed by atoms with Gasteiger partial charge in [0.1, 0.15) is 5.82 Å². The van der Waals surface area contributed by atoms with Gasteiger partial charge in [0.15, 0.2) is 5.65 Å². The molecule has 90 valence electrons. The van der Waals surface area contributed by atoms with Gasteiger partial charge in [-0.3, -0.25) is 0 Å². The van der Waals surface area contributed by atoms with Crippen LogP contribution in [0.25, 0.3) is 16.8 Å². The Hall–Kier alpha value is -2.16. The molecule has 2 aromatic heterocycles. The highest BCUT2D eigenvalue weighted by atomic mass is 15.3. The van der Waals surface area contributed by atoms with Crippen molar-refractivity contribution in [3.8, 4) is 11.1 Å². The average molecular weight is 237 g/mol. The third-order valence-electron chi connectivity index (χ3n) is 3.01. The predicted octanol–water partition coefficient (Wildman–Crippen LogP) is 3.32. The number of aryl methyl sites for hydroxylation is 3. The molecule has 0 bridgehead atoms. The minimum Gasteiger partial charge on any atom is -0.220 e. The zero-order valence-electron chi connectivity index (χ0n) is 10.8. The second-order valence-corrected chi connectivity index (χ2v) is 4.73. The molecule has 0 unspecified atom stereocenters. The number of nitrogens with zero attached hydrogens (tertiary/aromatic N) is 3. The molecule has 0 radical (unpaired) electrons. The van der Waals surface area contributed by atoms with E-state index in [1.54, 1.807) is 0 Å². The first kappa shape index (κ1) is 11.0. The highest BCUT2D eigenvalue weighted by Gasteiger charge is 2.09. The highest BCUT2D eigenvalue weighted by Crippen LogP contribution is 2.25. The summed E-state index contributed by atoms with van der Waals surface area (Å²) >= 11 is 0. The molecule has 0 fully saturated rings. The lowest BCUT2D eigenvalue weighted by Crippen LogP contribution is -1.92. The Balaban J connectivity index is 2.34. The fraction of sp³-hybridized carbons (Fsp3) is 0.200. The Morgan fingerprint density at radius 3 is 2.61 bits per heavy atom. The van der Waals surface area contributed by atoms with E-state index in [-0.39, 0.29) is 0 Å². The molecule has 0 N–H and O–H groups in total. The predicted molar refractivity (Wildman–Crippen MR) is 72.6 cm³/mol. The Morgan fingerprint density at radius 2 is 1.83 bits per heavy atom.